The van der Waals surface area contributed by atoms with Crippen LogP contribution in [-0.2, 0) is 23.1 Å². The maximum absolute atomic E-state index is 12.1. The second-order valence-electron chi connectivity index (χ2n) is 5.74. The van der Waals surface area contributed by atoms with Gasteiger partial charge >= 0.3 is 0 Å². The van der Waals surface area contributed by atoms with E-state index >= 15 is 0 Å². The summed E-state index contributed by atoms with van der Waals surface area (Å²) in [5.41, 5.74) is 3.71. The van der Waals surface area contributed by atoms with E-state index in [4.69, 9.17) is 0 Å². The van der Waals surface area contributed by atoms with Gasteiger partial charge in [0.15, 0.2) is 0 Å². The first-order chi connectivity index (χ1) is 9.92. The van der Waals surface area contributed by atoms with Gasteiger partial charge in [0.05, 0.1) is 0 Å². The van der Waals surface area contributed by atoms with Crippen LogP contribution in [0.15, 0.2) is 18.2 Å². The molecule has 5 nitrogen and oxygen atoms in total. The molecule has 0 fully saturated rings. The molecule has 1 aromatic rings. The van der Waals surface area contributed by atoms with Gasteiger partial charge in [0.25, 0.3) is 10.2 Å². The van der Waals surface area contributed by atoms with Crippen LogP contribution in [0, 0.1) is 0 Å². The van der Waals surface area contributed by atoms with Gasteiger partial charge in [-0.2, -0.15) is 12.7 Å². The first kappa shape index (κ1) is 16.3. The molecule has 0 aliphatic carbocycles. The van der Waals surface area contributed by atoms with Gasteiger partial charge in [0.2, 0.25) is 0 Å². The molecule has 1 aliphatic rings. The molecular formula is C15H25N3O2S. The molecule has 2 N–H and O–H groups in total. The summed E-state index contributed by atoms with van der Waals surface area (Å²) in [5.74, 6) is 0. The van der Waals surface area contributed by atoms with E-state index in [9.17, 15) is 8.42 Å². The lowest BCUT2D eigenvalue weighted by Crippen LogP contribution is -2.42. The standard InChI is InChI=1S/C15H25N3O2S/c1-12(2)18(3)21(19,20)17-11-9-14-7-4-6-13-8-5-10-16-15(13)14/h4,6-7,12,16-17H,5,8-11H2,1-3H3. The third-order valence-corrected chi connectivity index (χ3v) is 5.70. The smallest absolute Gasteiger partial charge is 0.279 e. The maximum atomic E-state index is 12.1. The molecule has 1 heterocycles. The topological polar surface area (TPSA) is 61.4 Å². The summed E-state index contributed by atoms with van der Waals surface area (Å²) in [6, 6.07) is 6.21. The number of rotatable bonds is 6. The van der Waals surface area contributed by atoms with E-state index in [1.807, 2.05) is 13.8 Å². The van der Waals surface area contributed by atoms with Crippen molar-refractivity contribution in [3.63, 3.8) is 0 Å². The fourth-order valence-electron chi connectivity index (χ4n) is 2.48. The summed E-state index contributed by atoms with van der Waals surface area (Å²) < 4.78 is 28.1. The van der Waals surface area contributed by atoms with Crippen LogP contribution in [0.3, 0.4) is 0 Å². The molecule has 0 amide bonds. The quantitative estimate of drug-likeness (QED) is 0.841. The summed E-state index contributed by atoms with van der Waals surface area (Å²) in [6.45, 7) is 5.12. The molecule has 0 unspecified atom stereocenters. The summed E-state index contributed by atoms with van der Waals surface area (Å²) >= 11 is 0. The Kier molecular flexibility index (Phi) is 5.24. The van der Waals surface area contributed by atoms with Crippen molar-refractivity contribution in [2.45, 2.75) is 39.2 Å². The fraction of sp³-hybridized carbons (Fsp3) is 0.600. The lowest BCUT2D eigenvalue weighted by Gasteiger charge is -2.23. The minimum Gasteiger partial charge on any atom is -0.385 e. The Morgan fingerprint density at radius 1 is 1.38 bits per heavy atom. The van der Waals surface area contributed by atoms with Crippen LogP contribution in [0.25, 0.3) is 0 Å². The van der Waals surface area contributed by atoms with Gasteiger partial charge in [-0.05, 0) is 44.2 Å². The van der Waals surface area contributed by atoms with E-state index in [1.54, 1.807) is 7.05 Å². The van der Waals surface area contributed by atoms with Gasteiger partial charge in [0.1, 0.15) is 0 Å². The summed E-state index contributed by atoms with van der Waals surface area (Å²) in [4.78, 5) is 0. The predicted molar refractivity (Wildman–Crippen MR) is 86.8 cm³/mol. The van der Waals surface area contributed by atoms with Crippen LogP contribution in [-0.4, -0.2) is 38.9 Å². The highest BCUT2D eigenvalue weighted by Gasteiger charge is 2.20. The highest BCUT2D eigenvalue weighted by atomic mass is 32.2. The minimum absolute atomic E-state index is 0.0475. The molecule has 0 saturated carbocycles. The van der Waals surface area contributed by atoms with Crippen LogP contribution in [0.2, 0.25) is 0 Å². The number of nitrogens with one attached hydrogen (secondary N) is 2. The highest BCUT2D eigenvalue weighted by Crippen LogP contribution is 2.26. The van der Waals surface area contributed by atoms with Gasteiger partial charge in [-0.3, -0.25) is 0 Å². The van der Waals surface area contributed by atoms with Gasteiger partial charge in [-0.15, -0.1) is 0 Å². The van der Waals surface area contributed by atoms with Crippen molar-refractivity contribution in [2.75, 3.05) is 25.5 Å². The van der Waals surface area contributed by atoms with Gasteiger partial charge < -0.3 is 5.32 Å². The van der Waals surface area contributed by atoms with E-state index in [0.717, 1.165) is 19.4 Å². The summed E-state index contributed by atoms with van der Waals surface area (Å²) in [6.07, 6.45) is 2.95. The molecule has 118 valence electrons. The summed E-state index contributed by atoms with van der Waals surface area (Å²) in [5, 5.41) is 3.43. The molecule has 1 aromatic carbocycles. The average Bonchev–Trinajstić information content (AvgIpc) is 2.46. The van der Waals surface area contributed by atoms with Crippen LogP contribution in [0.5, 0.6) is 0 Å². The average molecular weight is 311 g/mol. The van der Waals surface area contributed by atoms with E-state index in [1.165, 1.54) is 21.1 Å². The second-order valence-corrected chi connectivity index (χ2v) is 7.56. The van der Waals surface area contributed by atoms with Gasteiger partial charge in [0, 0.05) is 31.9 Å². The molecule has 6 heteroatoms. The number of benzene rings is 1. The number of aryl methyl sites for hydroxylation is 1. The molecule has 21 heavy (non-hydrogen) atoms. The normalized spacial score (nSPS) is 15.1. The number of para-hydroxylation sites is 1. The fourth-order valence-corrected chi connectivity index (χ4v) is 3.60. The van der Waals surface area contributed by atoms with E-state index in [0.29, 0.717) is 13.0 Å². The van der Waals surface area contributed by atoms with E-state index in [-0.39, 0.29) is 6.04 Å². The van der Waals surface area contributed by atoms with Gasteiger partial charge in [-0.25, -0.2) is 4.72 Å². The first-order valence-electron chi connectivity index (χ1n) is 7.49. The van der Waals surface area contributed by atoms with Crippen molar-refractivity contribution in [1.82, 2.24) is 9.03 Å². The number of nitrogens with zero attached hydrogens (tertiary/aromatic N) is 1. The Bertz CT molecular complexity index is 585. The van der Waals surface area contributed by atoms with E-state index < -0.39 is 10.2 Å². The highest BCUT2D eigenvalue weighted by molar-refractivity contribution is 7.87. The van der Waals surface area contributed by atoms with Crippen molar-refractivity contribution >= 4 is 15.9 Å². The molecular weight excluding hydrogens is 286 g/mol. The van der Waals surface area contributed by atoms with Crippen LogP contribution in [0.4, 0.5) is 5.69 Å². The molecule has 0 aromatic heterocycles. The second kappa shape index (κ2) is 6.77. The SMILES string of the molecule is CC(C)N(C)S(=O)(=O)NCCc1cccc2c1NCCC2. The van der Waals surface area contributed by atoms with E-state index in [2.05, 4.69) is 28.2 Å². The number of anilines is 1. The van der Waals surface area contributed by atoms with Crippen molar-refractivity contribution in [3.05, 3.63) is 29.3 Å². The maximum Gasteiger partial charge on any atom is 0.279 e. The monoisotopic (exact) mass is 311 g/mol. The lowest BCUT2D eigenvalue weighted by molar-refractivity contribution is 0.403. The number of hydrogen-bond acceptors (Lipinski definition) is 3. The van der Waals surface area contributed by atoms with Crippen molar-refractivity contribution in [2.24, 2.45) is 0 Å². The largest absolute Gasteiger partial charge is 0.385 e. The van der Waals surface area contributed by atoms with Crippen LogP contribution >= 0.6 is 0 Å². The van der Waals surface area contributed by atoms with Crippen molar-refractivity contribution < 1.29 is 8.42 Å². The summed E-state index contributed by atoms with van der Waals surface area (Å²) in [7, 11) is -1.79. The lowest BCUT2D eigenvalue weighted by atomic mass is 9.98. The molecule has 0 bridgehead atoms. The molecule has 0 radical (unpaired) electrons. The van der Waals surface area contributed by atoms with Crippen LogP contribution < -0.4 is 10.0 Å². The Hall–Kier alpha value is -1.11. The Morgan fingerprint density at radius 3 is 2.86 bits per heavy atom. The van der Waals surface area contributed by atoms with Gasteiger partial charge in [-0.1, -0.05) is 18.2 Å². The molecule has 1 aliphatic heterocycles. The zero-order chi connectivity index (χ0) is 15.5. The number of fused-ring (bicyclic) bond motifs is 1. The Balaban J connectivity index is 1.98. The third kappa shape index (κ3) is 3.96. The van der Waals surface area contributed by atoms with Crippen molar-refractivity contribution in [1.29, 1.82) is 0 Å². The number of hydrogen-bond donors (Lipinski definition) is 2. The third-order valence-electron chi connectivity index (χ3n) is 3.95. The Labute approximate surface area is 127 Å². The zero-order valence-electron chi connectivity index (χ0n) is 13.0. The molecule has 0 spiro atoms. The molecule has 2 rings (SSSR count). The molecule has 0 saturated heterocycles. The van der Waals surface area contributed by atoms with Crippen molar-refractivity contribution in [3.8, 4) is 0 Å². The molecule has 0 atom stereocenters. The zero-order valence-corrected chi connectivity index (χ0v) is 13.8. The minimum atomic E-state index is -3.39. The van der Waals surface area contributed by atoms with Crippen LogP contribution in [0.1, 0.15) is 31.4 Å². The predicted octanol–water partition coefficient (Wildman–Crippen LogP) is 1.76. The Morgan fingerprint density at radius 2 is 2.14 bits per heavy atom. The first-order valence-corrected chi connectivity index (χ1v) is 8.93.